The number of hydrogen-bond acceptors (Lipinski definition) is 6. The molecular weight excluding hydrogens is 436 g/mol. The molecule has 168 valence electrons. The van der Waals surface area contributed by atoms with E-state index in [-0.39, 0.29) is 12.2 Å². The Bertz CT molecular complexity index is 1410. The Labute approximate surface area is 195 Å². The van der Waals surface area contributed by atoms with E-state index in [9.17, 15) is 9.59 Å². The summed E-state index contributed by atoms with van der Waals surface area (Å²) in [4.78, 5) is 31.4. The maximum atomic E-state index is 13.5. The number of para-hydroxylation sites is 1. The number of hydrogen-bond donors (Lipinski definition) is 0. The minimum Gasteiger partial charge on any atom is -0.496 e. The number of allylic oxidation sites excluding steroid dienone is 2. The Hall–Kier alpha value is -3.71. The van der Waals surface area contributed by atoms with Gasteiger partial charge in [0.1, 0.15) is 5.75 Å². The van der Waals surface area contributed by atoms with Crippen LogP contribution in [0.1, 0.15) is 31.0 Å². The molecule has 6 nitrogen and oxygen atoms in total. The normalized spacial score (nSPS) is 16.0. The molecule has 0 N–H and O–H groups in total. The molecule has 1 aliphatic rings. The Balaban J connectivity index is 1.89. The molecule has 4 rings (SSSR count). The van der Waals surface area contributed by atoms with Crippen molar-refractivity contribution in [3.05, 3.63) is 103 Å². The SMILES string of the molecule is CCOC(=O)C1=C(C)N=c2s/c(=C/c3ccccc3OC)c(=O)n2[C@H]1/C=C/c1ccccc1. The number of carbonyl (C=O) groups excluding carboxylic acids is 1. The molecule has 0 amide bonds. The summed E-state index contributed by atoms with van der Waals surface area (Å²) in [5, 5.41) is 0. The van der Waals surface area contributed by atoms with E-state index in [1.165, 1.54) is 11.3 Å². The van der Waals surface area contributed by atoms with Crippen molar-refractivity contribution in [3.63, 3.8) is 0 Å². The smallest absolute Gasteiger partial charge is 0.338 e. The van der Waals surface area contributed by atoms with Gasteiger partial charge in [0.25, 0.3) is 5.56 Å². The molecule has 0 unspecified atom stereocenters. The Morgan fingerprint density at radius 1 is 1.15 bits per heavy atom. The van der Waals surface area contributed by atoms with Crippen LogP contribution in [0.15, 0.2) is 81.7 Å². The van der Waals surface area contributed by atoms with E-state index < -0.39 is 12.0 Å². The number of fused-ring (bicyclic) bond motifs is 1. The molecule has 0 fully saturated rings. The lowest BCUT2D eigenvalue weighted by molar-refractivity contribution is -0.139. The zero-order valence-corrected chi connectivity index (χ0v) is 19.5. The minimum absolute atomic E-state index is 0.221. The van der Waals surface area contributed by atoms with Crippen LogP contribution in [0.5, 0.6) is 5.75 Å². The summed E-state index contributed by atoms with van der Waals surface area (Å²) in [6, 6.07) is 16.6. The molecule has 3 aromatic rings. The molecule has 0 aliphatic carbocycles. The Kier molecular flexibility index (Phi) is 6.70. The largest absolute Gasteiger partial charge is 0.496 e. The monoisotopic (exact) mass is 460 g/mol. The van der Waals surface area contributed by atoms with E-state index in [1.807, 2.05) is 66.7 Å². The van der Waals surface area contributed by atoms with Gasteiger partial charge >= 0.3 is 5.97 Å². The van der Waals surface area contributed by atoms with Crippen LogP contribution >= 0.6 is 11.3 Å². The van der Waals surface area contributed by atoms with Crippen molar-refractivity contribution < 1.29 is 14.3 Å². The predicted molar refractivity (Wildman–Crippen MR) is 130 cm³/mol. The summed E-state index contributed by atoms with van der Waals surface area (Å²) in [5.74, 6) is 0.202. The van der Waals surface area contributed by atoms with Gasteiger partial charge in [-0.1, -0.05) is 72.0 Å². The maximum absolute atomic E-state index is 13.5. The third kappa shape index (κ3) is 4.59. The molecule has 2 heterocycles. The van der Waals surface area contributed by atoms with Gasteiger partial charge < -0.3 is 9.47 Å². The van der Waals surface area contributed by atoms with Gasteiger partial charge in [-0.25, -0.2) is 9.79 Å². The zero-order chi connectivity index (χ0) is 23.4. The number of thiazole rings is 1. The lowest BCUT2D eigenvalue weighted by Crippen LogP contribution is -2.38. The summed E-state index contributed by atoms with van der Waals surface area (Å²) in [6.45, 7) is 3.76. The van der Waals surface area contributed by atoms with Gasteiger partial charge in [0.05, 0.1) is 35.6 Å². The number of nitrogens with zero attached hydrogens (tertiary/aromatic N) is 2. The van der Waals surface area contributed by atoms with Gasteiger partial charge in [0.15, 0.2) is 4.80 Å². The summed E-state index contributed by atoms with van der Waals surface area (Å²) < 4.78 is 12.8. The Morgan fingerprint density at radius 3 is 2.61 bits per heavy atom. The number of aromatic nitrogens is 1. The molecule has 2 aromatic carbocycles. The molecule has 1 atom stereocenters. The fraction of sp³-hybridized carbons (Fsp3) is 0.192. The summed E-state index contributed by atoms with van der Waals surface area (Å²) in [7, 11) is 1.59. The van der Waals surface area contributed by atoms with E-state index in [0.29, 0.717) is 26.4 Å². The molecule has 0 saturated heterocycles. The van der Waals surface area contributed by atoms with Crippen molar-refractivity contribution in [2.45, 2.75) is 19.9 Å². The zero-order valence-electron chi connectivity index (χ0n) is 18.6. The average Bonchev–Trinajstić information content (AvgIpc) is 3.12. The van der Waals surface area contributed by atoms with Crippen LogP contribution in [0.25, 0.3) is 12.2 Å². The van der Waals surface area contributed by atoms with Gasteiger partial charge in [0.2, 0.25) is 0 Å². The van der Waals surface area contributed by atoms with E-state index in [1.54, 1.807) is 31.6 Å². The highest BCUT2D eigenvalue weighted by atomic mass is 32.1. The van der Waals surface area contributed by atoms with Gasteiger partial charge in [-0.3, -0.25) is 9.36 Å². The average molecular weight is 461 g/mol. The number of carbonyl (C=O) groups is 1. The molecule has 0 saturated carbocycles. The highest BCUT2D eigenvalue weighted by Crippen LogP contribution is 2.26. The van der Waals surface area contributed by atoms with Crippen LogP contribution in [0.4, 0.5) is 0 Å². The van der Waals surface area contributed by atoms with Gasteiger partial charge in [-0.2, -0.15) is 0 Å². The summed E-state index contributed by atoms with van der Waals surface area (Å²) in [5.41, 5.74) is 2.44. The van der Waals surface area contributed by atoms with Crippen LogP contribution in [0.3, 0.4) is 0 Å². The third-order valence-corrected chi connectivity index (χ3v) is 6.24. The van der Waals surface area contributed by atoms with Crippen molar-refractivity contribution >= 4 is 29.5 Å². The van der Waals surface area contributed by atoms with Crippen molar-refractivity contribution in [2.24, 2.45) is 4.99 Å². The summed E-state index contributed by atoms with van der Waals surface area (Å²) >= 11 is 1.28. The van der Waals surface area contributed by atoms with Gasteiger partial charge in [-0.05, 0) is 31.6 Å². The van der Waals surface area contributed by atoms with Crippen LogP contribution in [0, 0.1) is 0 Å². The number of methoxy groups -OCH3 is 1. The first kappa shape index (κ1) is 22.5. The van der Waals surface area contributed by atoms with E-state index >= 15 is 0 Å². The second-order valence-corrected chi connectivity index (χ2v) is 8.37. The molecule has 1 aromatic heterocycles. The number of rotatable bonds is 6. The highest BCUT2D eigenvalue weighted by molar-refractivity contribution is 7.07. The van der Waals surface area contributed by atoms with E-state index in [0.717, 1.165) is 11.1 Å². The molecule has 1 aliphatic heterocycles. The molecule has 0 spiro atoms. The standard InChI is InChI=1S/C26H24N2O4S/c1-4-32-25(30)23-17(2)27-26-28(20(23)15-14-18-10-6-5-7-11-18)24(29)22(33-26)16-19-12-8-9-13-21(19)31-3/h5-16,20H,4H2,1-3H3/b15-14+,22-16+/t20-/m0/s1. The van der Waals surface area contributed by atoms with Gasteiger partial charge in [0, 0.05) is 5.56 Å². The first-order valence-electron chi connectivity index (χ1n) is 10.6. The van der Waals surface area contributed by atoms with Crippen LogP contribution in [0.2, 0.25) is 0 Å². The molecule has 33 heavy (non-hydrogen) atoms. The van der Waals surface area contributed by atoms with Crippen molar-refractivity contribution in [1.29, 1.82) is 0 Å². The highest BCUT2D eigenvalue weighted by Gasteiger charge is 2.30. The van der Waals surface area contributed by atoms with Crippen molar-refractivity contribution in [2.75, 3.05) is 13.7 Å². The molecule has 0 radical (unpaired) electrons. The fourth-order valence-corrected chi connectivity index (χ4v) is 4.76. The Morgan fingerprint density at radius 2 is 1.88 bits per heavy atom. The predicted octanol–water partition coefficient (Wildman–Crippen LogP) is 3.47. The molecule has 7 heteroatoms. The first-order valence-corrected chi connectivity index (χ1v) is 11.4. The quantitative estimate of drug-likeness (QED) is 0.528. The topological polar surface area (TPSA) is 69.9 Å². The lowest BCUT2D eigenvalue weighted by atomic mass is 10.0. The molecule has 0 bridgehead atoms. The second-order valence-electron chi connectivity index (χ2n) is 7.36. The van der Waals surface area contributed by atoms with E-state index in [4.69, 9.17) is 9.47 Å². The number of esters is 1. The number of ether oxygens (including phenoxy) is 2. The molecular formula is C26H24N2O4S. The van der Waals surface area contributed by atoms with Crippen molar-refractivity contribution in [1.82, 2.24) is 4.57 Å². The first-order chi connectivity index (χ1) is 16.0. The van der Waals surface area contributed by atoms with Crippen LogP contribution < -0.4 is 19.6 Å². The second kappa shape index (κ2) is 9.83. The minimum atomic E-state index is -0.625. The van der Waals surface area contributed by atoms with E-state index in [2.05, 4.69) is 4.99 Å². The van der Waals surface area contributed by atoms with Crippen LogP contribution in [-0.4, -0.2) is 24.3 Å². The third-order valence-electron chi connectivity index (χ3n) is 5.26. The van der Waals surface area contributed by atoms with Gasteiger partial charge in [-0.15, -0.1) is 0 Å². The fourth-order valence-electron chi connectivity index (χ4n) is 3.71. The summed E-state index contributed by atoms with van der Waals surface area (Å²) in [6.07, 6.45) is 5.55. The maximum Gasteiger partial charge on any atom is 0.338 e. The lowest BCUT2D eigenvalue weighted by Gasteiger charge is -2.21. The van der Waals surface area contributed by atoms with Crippen LogP contribution in [-0.2, 0) is 9.53 Å². The van der Waals surface area contributed by atoms with Crippen molar-refractivity contribution in [3.8, 4) is 5.75 Å². The number of benzene rings is 2.